The van der Waals surface area contributed by atoms with Crippen molar-refractivity contribution in [2.75, 3.05) is 19.8 Å². The Labute approximate surface area is 237 Å². The highest BCUT2D eigenvalue weighted by Gasteiger charge is 2.56. The third kappa shape index (κ3) is 4.52. The minimum atomic E-state index is -0.626. The smallest absolute Gasteiger partial charge is 0.233 e. The van der Waals surface area contributed by atoms with Gasteiger partial charge in [-0.05, 0) is 61.9 Å². The van der Waals surface area contributed by atoms with Crippen LogP contribution in [0.2, 0.25) is 0 Å². The van der Waals surface area contributed by atoms with Crippen LogP contribution in [-0.4, -0.2) is 58.3 Å². The summed E-state index contributed by atoms with van der Waals surface area (Å²) >= 11 is 0. The summed E-state index contributed by atoms with van der Waals surface area (Å²) in [6.45, 7) is 1.74. The molecule has 2 amide bonds. The van der Waals surface area contributed by atoms with Crippen molar-refractivity contribution >= 4 is 23.4 Å². The van der Waals surface area contributed by atoms with Crippen molar-refractivity contribution in [3.63, 3.8) is 0 Å². The number of aliphatic hydroxyl groups is 1. The van der Waals surface area contributed by atoms with Crippen LogP contribution in [-0.2, 0) is 25.6 Å². The number of hydrogen-bond acceptors (Lipinski definition) is 7. The molecule has 6 rings (SSSR count). The number of ether oxygens (including phenoxy) is 1. The number of aromatic hydroxyl groups is 1. The van der Waals surface area contributed by atoms with E-state index in [9.17, 15) is 29.4 Å². The van der Waals surface area contributed by atoms with Gasteiger partial charge in [0.25, 0.3) is 0 Å². The summed E-state index contributed by atoms with van der Waals surface area (Å²) in [5.74, 6) is -2.41. The van der Waals surface area contributed by atoms with E-state index in [2.05, 4.69) is 0 Å². The zero-order valence-corrected chi connectivity index (χ0v) is 22.7. The summed E-state index contributed by atoms with van der Waals surface area (Å²) < 4.78 is 5.85. The maximum atomic E-state index is 13.9. The molecule has 8 heteroatoms. The maximum Gasteiger partial charge on any atom is 0.233 e. The van der Waals surface area contributed by atoms with E-state index in [1.54, 1.807) is 43.3 Å². The number of benzene rings is 2. The molecule has 0 radical (unpaired) electrons. The predicted molar refractivity (Wildman–Crippen MR) is 149 cm³/mol. The predicted octanol–water partition coefficient (Wildman–Crippen LogP) is 3.44. The number of nitrogens with zero attached hydrogens (tertiary/aromatic N) is 1. The van der Waals surface area contributed by atoms with Gasteiger partial charge in [-0.1, -0.05) is 42.0 Å². The second kappa shape index (κ2) is 10.6. The number of carbonyl (C=O) groups excluding carboxylic acids is 4. The van der Waals surface area contributed by atoms with E-state index in [0.717, 1.165) is 11.1 Å². The number of phenols is 1. The Morgan fingerprint density at radius 2 is 1.73 bits per heavy atom. The van der Waals surface area contributed by atoms with Crippen molar-refractivity contribution < 1.29 is 34.1 Å². The quantitative estimate of drug-likeness (QED) is 0.306. The number of ketones is 2. The van der Waals surface area contributed by atoms with E-state index >= 15 is 0 Å². The van der Waals surface area contributed by atoms with Crippen LogP contribution in [0.3, 0.4) is 0 Å². The standard InChI is InChI=1S/C33H31NO7/c1-18-16-26(37)30-25(31(18)38)17-24-21(28(30)22-4-2-3-5-27(22)41-15-14-35)10-11-23-29(24)33(40)34(32(23)39)13-12-19-6-8-20(36)9-7-19/h2-10,16,23-24,28-29,35-36H,11-15,17H2,1H3/t23-,24+,28+,29-/m0/s1. The third-order valence-corrected chi connectivity index (χ3v) is 8.79. The maximum absolute atomic E-state index is 13.9. The Morgan fingerprint density at radius 1 is 0.976 bits per heavy atom. The number of amides is 2. The van der Waals surface area contributed by atoms with E-state index in [-0.39, 0.29) is 55.3 Å². The van der Waals surface area contributed by atoms with Crippen LogP contribution >= 0.6 is 0 Å². The van der Waals surface area contributed by atoms with Crippen molar-refractivity contribution in [2.24, 2.45) is 17.8 Å². The molecule has 41 heavy (non-hydrogen) atoms. The molecule has 4 atom stereocenters. The van der Waals surface area contributed by atoms with Crippen molar-refractivity contribution in [1.82, 2.24) is 4.90 Å². The first-order chi connectivity index (χ1) is 19.8. The SMILES string of the molecule is CC1=CC(=O)C2=C(C[C@@H]3C(=CC[C@@H]4C(=O)N(CCc5ccc(O)cc5)C(=O)[C@@H]43)[C@@H]2c2ccccc2OCCO)C1=O. The number of phenolic OH excluding ortho intramolecular Hbond substituents is 1. The highest BCUT2D eigenvalue weighted by Crippen LogP contribution is 2.56. The summed E-state index contributed by atoms with van der Waals surface area (Å²) in [4.78, 5) is 55.7. The normalized spacial score (nSPS) is 25.5. The number of Topliss-reactive ketones (excluding diaryl/α,β-unsaturated/α-hetero) is 1. The lowest BCUT2D eigenvalue weighted by molar-refractivity contribution is -0.140. The van der Waals surface area contributed by atoms with E-state index in [0.29, 0.717) is 40.9 Å². The molecule has 0 aromatic heterocycles. The molecular formula is C33H31NO7. The van der Waals surface area contributed by atoms with Gasteiger partial charge in [-0.3, -0.25) is 24.1 Å². The lowest BCUT2D eigenvalue weighted by Crippen LogP contribution is -2.40. The van der Waals surface area contributed by atoms with E-state index in [1.807, 2.05) is 18.2 Å². The van der Waals surface area contributed by atoms with Crippen LogP contribution in [0.15, 0.2) is 83.0 Å². The Morgan fingerprint density at radius 3 is 2.49 bits per heavy atom. The van der Waals surface area contributed by atoms with Gasteiger partial charge in [-0.15, -0.1) is 0 Å². The number of aliphatic hydroxyl groups excluding tert-OH is 1. The first-order valence-electron chi connectivity index (χ1n) is 14.0. The second-order valence-corrected chi connectivity index (χ2v) is 11.1. The van der Waals surface area contributed by atoms with Crippen LogP contribution < -0.4 is 4.74 Å². The molecule has 1 heterocycles. The van der Waals surface area contributed by atoms with Gasteiger partial charge in [-0.2, -0.15) is 0 Å². The molecule has 1 fully saturated rings. The molecule has 0 unspecified atom stereocenters. The molecule has 2 aromatic carbocycles. The average molecular weight is 554 g/mol. The Hall–Kier alpha value is -4.30. The zero-order chi connectivity index (χ0) is 28.8. The molecule has 2 N–H and O–H groups in total. The number of hydrogen-bond donors (Lipinski definition) is 2. The lowest BCUT2D eigenvalue weighted by Gasteiger charge is -2.42. The van der Waals surface area contributed by atoms with Gasteiger partial charge in [0.15, 0.2) is 11.6 Å². The highest BCUT2D eigenvalue weighted by atomic mass is 16.5. The topological polar surface area (TPSA) is 121 Å². The molecule has 1 saturated heterocycles. The number of allylic oxidation sites excluding steroid dienone is 6. The van der Waals surface area contributed by atoms with Crippen LogP contribution in [0, 0.1) is 17.8 Å². The largest absolute Gasteiger partial charge is 0.508 e. The Balaban J connectivity index is 1.39. The van der Waals surface area contributed by atoms with E-state index in [4.69, 9.17) is 4.74 Å². The summed E-state index contributed by atoms with van der Waals surface area (Å²) in [5.41, 5.74) is 3.63. The van der Waals surface area contributed by atoms with Crippen molar-refractivity contribution in [3.8, 4) is 11.5 Å². The van der Waals surface area contributed by atoms with Crippen molar-refractivity contribution in [1.29, 1.82) is 0 Å². The fraction of sp³-hybridized carbons (Fsp3) is 0.333. The molecule has 210 valence electrons. The molecule has 0 bridgehead atoms. The van der Waals surface area contributed by atoms with Crippen molar-refractivity contribution in [2.45, 2.75) is 32.1 Å². The van der Waals surface area contributed by atoms with Gasteiger partial charge < -0.3 is 14.9 Å². The van der Waals surface area contributed by atoms with Crippen molar-refractivity contribution in [3.05, 3.63) is 94.1 Å². The zero-order valence-electron chi connectivity index (χ0n) is 22.7. The van der Waals surface area contributed by atoms with Gasteiger partial charge in [0.05, 0.1) is 18.4 Å². The number of carbonyl (C=O) groups is 4. The summed E-state index contributed by atoms with van der Waals surface area (Å²) in [6, 6.07) is 14.0. The van der Waals surface area contributed by atoms with Crippen LogP contribution in [0.25, 0.3) is 0 Å². The lowest BCUT2D eigenvalue weighted by atomic mass is 9.59. The van der Waals surface area contributed by atoms with Crippen LogP contribution in [0.5, 0.6) is 11.5 Å². The number of para-hydroxylation sites is 1. The summed E-state index contributed by atoms with van der Waals surface area (Å²) in [7, 11) is 0. The molecule has 0 spiro atoms. The monoisotopic (exact) mass is 553 g/mol. The molecule has 2 aromatic rings. The number of fused-ring (bicyclic) bond motifs is 3. The minimum absolute atomic E-state index is 0.0671. The van der Waals surface area contributed by atoms with Crippen LogP contribution in [0.4, 0.5) is 0 Å². The fourth-order valence-corrected chi connectivity index (χ4v) is 6.93. The third-order valence-electron chi connectivity index (χ3n) is 8.79. The van der Waals surface area contributed by atoms with Gasteiger partial charge >= 0.3 is 0 Å². The fourth-order valence-electron chi connectivity index (χ4n) is 6.93. The highest BCUT2D eigenvalue weighted by molar-refractivity contribution is 6.23. The number of likely N-dealkylation sites (tertiary alicyclic amines) is 1. The molecule has 1 aliphatic heterocycles. The molecule has 8 nitrogen and oxygen atoms in total. The summed E-state index contributed by atoms with van der Waals surface area (Å²) in [6.07, 6.45) is 4.42. The van der Waals surface area contributed by atoms with Gasteiger partial charge in [-0.25, -0.2) is 0 Å². The second-order valence-electron chi connectivity index (χ2n) is 11.1. The van der Waals surface area contributed by atoms with Gasteiger partial charge in [0.1, 0.15) is 18.1 Å². The van der Waals surface area contributed by atoms with Gasteiger partial charge in [0, 0.05) is 34.7 Å². The van der Waals surface area contributed by atoms with E-state index in [1.165, 1.54) is 11.0 Å². The molecular weight excluding hydrogens is 522 g/mol. The number of imide groups is 1. The minimum Gasteiger partial charge on any atom is -0.508 e. The first kappa shape index (κ1) is 26.9. The molecule has 3 aliphatic carbocycles. The average Bonchev–Trinajstić information content (AvgIpc) is 3.22. The van der Waals surface area contributed by atoms with Crippen LogP contribution in [0.1, 0.15) is 36.8 Å². The summed E-state index contributed by atoms with van der Waals surface area (Å²) in [5, 5.41) is 19.0. The Kier molecular flexibility index (Phi) is 6.95. The Bertz CT molecular complexity index is 1550. The first-order valence-corrected chi connectivity index (χ1v) is 14.0. The van der Waals surface area contributed by atoms with E-state index < -0.39 is 23.7 Å². The van der Waals surface area contributed by atoms with Gasteiger partial charge in [0.2, 0.25) is 11.8 Å². The molecule has 4 aliphatic rings. The number of rotatable bonds is 7. The molecule has 0 saturated carbocycles.